The lowest BCUT2D eigenvalue weighted by Gasteiger charge is -2.16. The zero-order valence-corrected chi connectivity index (χ0v) is 13.1. The third-order valence-corrected chi connectivity index (χ3v) is 5.08. The number of nitrogens with two attached hydrogens (primary N) is 1. The lowest BCUT2D eigenvalue weighted by Crippen LogP contribution is -2.27. The minimum atomic E-state index is -0.403. The zero-order chi connectivity index (χ0) is 15.5. The van der Waals surface area contributed by atoms with Gasteiger partial charge < -0.3 is 5.73 Å². The quantitative estimate of drug-likeness (QED) is 0.677. The van der Waals surface area contributed by atoms with Gasteiger partial charge in [-0.3, -0.25) is 14.2 Å². The fourth-order valence-electron chi connectivity index (χ4n) is 3.01. The van der Waals surface area contributed by atoms with E-state index in [0.29, 0.717) is 28.5 Å². The summed E-state index contributed by atoms with van der Waals surface area (Å²) in [6.45, 7) is 0.678. The Balaban J connectivity index is 2.03. The number of thioether (sulfide) groups is 1. The van der Waals surface area contributed by atoms with Gasteiger partial charge in [0.1, 0.15) is 0 Å². The van der Waals surface area contributed by atoms with Crippen LogP contribution in [0.2, 0.25) is 0 Å². The maximum Gasteiger partial charge on any atom is 0.262 e. The molecule has 1 fully saturated rings. The standard InChI is InChI=1S/C16H19N3O2S/c17-14(20)10-22-16-18-13-8-4-3-7-12(13)15(21)19(16)9-11-5-1-2-6-11/h3-4,7-8,11H,1-2,5-6,9-10H2,(H2,17,20). The van der Waals surface area contributed by atoms with Gasteiger partial charge in [-0.1, -0.05) is 36.7 Å². The number of aromatic nitrogens is 2. The first-order chi connectivity index (χ1) is 10.6. The third kappa shape index (κ3) is 3.16. The lowest BCUT2D eigenvalue weighted by molar-refractivity contribution is -0.115. The predicted molar refractivity (Wildman–Crippen MR) is 87.9 cm³/mol. The third-order valence-electron chi connectivity index (χ3n) is 4.09. The SMILES string of the molecule is NC(=O)CSc1nc2ccccc2c(=O)n1CC1CCCC1. The molecule has 1 aliphatic rings. The van der Waals surface area contributed by atoms with Gasteiger partial charge >= 0.3 is 0 Å². The molecule has 1 aromatic carbocycles. The van der Waals surface area contributed by atoms with Gasteiger partial charge in [0.2, 0.25) is 5.91 Å². The van der Waals surface area contributed by atoms with E-state index in [-0.39, 0.29) is 11.3 Å². The molecule has 1 amide bonds. The van der Waals surface area contributed by atoms with Crippen molar-refractivity contribution in [2.45, 2.75) is 37.4 Å². The maximum absolute atomic E-state index is 12.8. The Morgan fingerprint density at radius 2 is 2.05 bits per heavy atom. The van der Waals surface area contributed by atoms with Gasteiger partial charge in [0.25, 0.3) is 5.56 Å². The van der Waals surface area contributed by atoms with Gasteiger partial charge in [-0.25, -0.2) is 4.98 Å². The highest BCUT2D eigenvalue weighted by molar-refractivity contribution is 7.99. The minimum absolute atomic E-state index is 0.0236. The second-order valence-electron chi connectivity index (χ2n) is 5.73. The molecule has 0 saturated heterocycles. The van der Waals surface area contributed by atoms with Crippen molar-refractivity contribution >= 4 is 28.6 Å². The van der Waals surface area contributed by atoms with Crippen LogP contribution in [0.5, 0.6) is 0 Å². The van der Waals surface area contributed by atoms with Crippen molar-refractivity contribution in [3.05, 3.63) is 34.6 Å². The van der Waals surface area contributed by atoms with Crippen LogP contribution < -0.4 is 11.3 Å². The van der Waals surface area contributed by atoms with Crippen molar-refractivity contribution in [2.75, 3.05) is 5.75 Å². The molecule has 0 radical (unpaired) electrons. The number of amides is 1. The molecule has 0 atom stereocenters. The van der Waals surface area contributed by atoms with Crippen LogP contribution in [0.15, 0.2) is 34.2 Å². The van der Waals surface area contributed by atoms with Crippen LogP contribution in [0, 0.1) is 5.92 Å². The number of para-hydroxylation sites is 1. The molecule has 22 heavy (non-hydrogen) atoms. The van der Waals surface area contributed by atoms with E-state index < -0.39 is 5.91 Å². The summed E-state index contributed by atoms with van der Waals surface area (Å²) in [6.07, 6.45) is 4.76. The first kappa shape index (κ1) is 15.1. The number of carbonyl (C=O) groups excluding carboxylic acids is 1. The van der Waals surface area contributed by atoms with E-state index in [1.54, 1.807) is 10.6 Å². The summed E-state index contributed by atoms with van der Waals surface area (Å²) in [4.78, 5) is 28.4. The number of benzene rings is 1. The Labute approximate surface area is 132 Å². The van der Waals surface area contributed by atoms with Crippen molar-refractivity contribution in [1.82, 2.24) is 9.55 Å². The molecule has 1 saturated carbocycles. The second kappa shape index (κ2) is 6.52. The monoisotopic (exact) mass is 317 g/mol. The summed E-state index contributed by atoms with van der Waals surface area (Å²) >= 11 is 1.24. The van der Waals surface area contributed by atoms with Crippen molar-refractivity contribution in [2.24, 2.45) is 11.7 Å². The average Bonchev–Trinajstić information content (AvgIpc) is 3.01. The molecule has 3 rings (SSSR count). The molecule has 2 N–H and O–H groups in total. The number of hydrogen-bond donors (Lipinski definition) is 1. The molecular formula is C16H19N3O2S. The summed E-state index contributed by atoms with van der Waals surface area (Å²) in [5.74, 6) is 0.253. The van der Waals surface area contributed by atoms with E-state index in [0.717, 1.165) is 12.8 Å². The van der Waals surface area contributed by atoms with Crippen molar-refractivity contribution in [1.29, 1.82) is 0 Å². The fraction of sp³-hybridized carbons (Fsp3) is 0.438. The first-order valence-electron chi connectivity index (χ1n) is 7.56. The average molecular weight is 317 g/mol. The Morgan fingerprint density at radius 1 is 1.32 bits per heavy atom. The normalized spacial score (nSPS) is 15.5. The van der Waals surface area contributed by atoms with Crippen LogP contribution in [-0.4, -0.2) is 21.2 Å². The van der Waals surface area contributed by atoms with Gasteiger partial charge in [-0.2, -0.15) is 0 Å². The number of hydrogen-bond acceptors (Lipinski definition) is 4. The number of nitrogens with zero attached hydrogens (tertiary/aromatic N) is 2. The van der Waals surface area contributed by atoms with Crippen LogP contribution in [0.4, 0.5) is 0 Å². The van der Waals surface area contributed by atoms with Gasteiger partial charge in [0.05, 0.1) is 16.7 Å². The topological polar surface area (TPSA) is 78.0 Å². The fourth-order valence-corrected chi connectivity index (χ4v) is 3.75. The Kier molecular flexibility index (Phi) is 4.47. The van der Waals surface area contributed by atoms with Gasteiger partial charge in [-0.15, -0.1) is 0 Å². The largest absolute Gasteiger partial charge is 0.369 e. The molecule has 0 aliphatic heterocycles. The van der Waals surface area contributed by atoms with E-state index in [9.17, 15) is 9.59 Å². The van der Waals surface area contributed by atoms with E-state index in [1.807, 2.05) is 18.2 Å². The van der Waals surface area contributed by atoms with E-state index >= 15 is 0 Å². The molecule has 6 heteroatoms. The Bertz CT molecular complexity index is 751. The predicted octanol–water partition coefficient (Wildman–Crippen LogP) is 2.16. The second-order valence-corrected chi connectivity index (χ2v) is 6.68. The van der Waals surface area contributed by atoms with Crippen LogP contribution >= 0.6 is 11.8 Å². The molecule has 1 aromatic heterocycles. The van der Waals surface area contributed by atoms with Crippen molar-refractivity contribution < 1.29 is 4.79 Å². The molecule has 5 nitrogen and oxygen atoms in total. The molecule has 2 aromatic rings. The van der Waals surface area contributed by atoms with E-state index in [1.165, 1.54) is 24.6 Å². The smallest absolute Gasteiger partial charge is 0.262 e. The Hall–Kier alpha value is -1.82. The van der Waals surface area contributed by atoms with Crippen LogP contribution in [0.3, 0.4) is 0 Å². The highest BCUT2D eigenvalue weighted by Crippen LogP contribution is 2.27. The van der Waals surface area contributed by atoms with Crippen LogP contribution in [-0.2, 0) is 11.3 Å². The van der Waals surface area contributed by atoms with Gasteiger partial charge in [0.15, 0.2) is 5.16 Å². The molecule has 0 unspecified atom stereocenters. The molecule has 1 heterocycles. The number of fused-ring (bicyclic) bond motifs is 1. The summed E-state index contributed by atoms with van der Waals surface area (Å²) in [5.41, 5.74) is 5.87. The summed E-state index contributed by atoms with van der Waals surface area (Å²) in [6, 6.07) is 7.34. The van der Waals surface area contributed by atoms with Crippen molar-refractivity contribution in [3.8, 4) is 0 Å². The first-order valence-corrected chi connectivity index (χ1v) is 8.54. The van der Waals surface area contributed by atoms with Crippen molar-refractivity contribution in [3.63, 3.8) is 0 Å². The molecular weight excluding hydrogens is 298 g/mol. The maximum atomic E-state index is 12.8. The summed E-state index contributed by atoms with van der Waals surface area (Å²) in [5, 5.41) is 1.22. The summed E-state index contributed by atoms with van der Waals surface area (Å²) in [7, 11) is 0. The van der Waals surface area contributed by atoms with Crippen LogP contribution in [0.25, 0.3) is 10.9 Å². The van der Waals surface area contributed by atoms with Crippen LogP contribution in [0.1, 0.15) is 25.7 Å². The molecule has 1 aliphatic carbocycles. The number of carbonyl (C=O) groups is 1. The summed E-state index contributed by atoms with van der Waals surface area (Å²) < 4.78 is 1.73. The van der Waals surface area contributed by atoms with Gasteiger partial charge in [-0.05, 0) is 30.9 Å². The highest BCUT2D eigenvalue weighted by atomic mass is 32.2. The highest BCUT2D eigenvalue weighted by Gasteiger charge is 2.19. The van der Waals surface area contributed by atoms with Gasteiger partial charge in [0, 0.05) is 6.54 Å². The molecule has 0 bridgehead atoms. The lowest BCUT2D eigenvalue weighted by atomic mass is 10.1. The minimum Gasteiger partial charge on any atom is -0.369 e. The zero-order valence-electron chi connectivity index (χ0n) is 12.3. The molecule has 116 valence electrons. The van der Waals surface area contributed by atoms with E-state index in [2.05, 4.69) is 4.98 Å². The Morgan fingerprint density at radius 3 is 2.77 bits per heavy atom. The number of primary amides is 1. The number of rotatable bonds is 5. The van der Waals surface area contributed by atoms with E-state index in [4.69, 9.17) is 5.73 Å². The molecule has 0 spiro atoms.